The van der Waals surface area contributed by atoms with E-state index in [0.29, 0.717) is 54.0 Å². The predicted molar refractivity (Wildman–Crippen MR) is 139 cm³/mol. The van der Waals surface area contributed by atoms with Crippen LogP contribution in [0.3, 0.4) is 0 Å². The molecule has 2 aliphatic rings. The summed E-state index contributed by atoms with van der Waals surface area (Å²) >= 11 is 6.87. The van der Waals surface area contributed by atoms with Gasteiger partial charge >= 0.3 is 0 Å². The Balaban J connectivity index is 1.44. The van der Waals surface area contributed by atoms with E-state index in [4.69, 9.17) is 25.8 Å². The lowest BCUT2D eigenvalue weighted by Crippen LogP contribution is -2.51. The van der Waals surface area contributed by atoms with Gasteiger partial charge in [0.15, 0.2) is 0 Å². The molecular weight excluding hydrogens is 506 g/mol. The molecule has 190 valence electrons. The average molecular weight is 532 g/mol. The van der Waals surface area contributed by atoms with Gasteiger partial charge < -0.3 is 24.0 Å². The summed E-state index contributed by atoms with van der Waals surface area (Å²) in [6, 6.07) is 10.9. The Bertz CT molecular complexity index is 1190. The fourth-order valence-electron chi connectivity index (χ4n) is 4.06. The molecule has 3 amide bonds. The number of ether oxygens (including phenoxy) is 3. The third-order valence-corrected chi connectivity index (χ3v) is 7.14. The molecule has 0 aliphatic carbocycles. The van der Waals surface area contributed by atoms with Crippen molar-refractivity contribution in [2.45, 2.75) is 0 Å². The van der Waals surface area contributed by atoms with Gasteiger partial charge in [0.25, 0.3) is 11.1 Å². The molecular formula is C25H26ClN3O6S. The standard InChI is InChI=1S/C25H26ClN3O6S/c1-33-18-12-20(34-2)19(21(13-18)35-3)14-22-24(31)29(25(32)36-22)15-23(30)28-9-7-27(8-10-28)17-6-4-5-16(26)11-17/h4-6,11-14H,7-10,15H2,1-3H3. The van der Waals surface area contributed by atoms with Crippen molar-refractivity contribution in [3.8, 4) is 17.2 Å². The van der Waals surface area contributed by atoms with E-state index >= 15 is 0 Å². The number of amides is 3. The van der Waals surface area contributed by atoms with Crippen molar-refractivity contribution in [3.05, 3.63) is 51.9 Å². The Labute approximate surface area is 218 Å². The van der Waals surface area contributed by atoms with Crippen molar-refractivity contribution >= 4 is 52.2 Å². The number of piperazine rings is 1. The van der Waals surface area contributed by atoms with Crippen LogP contribution in [0, 0.1) is 0 Å². The molecule has 0 radical (unpaired) electrons. The molecule has 0 bridgehead atoms. The average Bonchev–Trinajstić information content (AvgIpc) is 3.16. The molecule has 0 spiro atoms. The number of imide groups is 1. The zero-order valence-electron chi connectivity index (χ0n) is 20.2. The van der Waals surface area contributed by atoms with E-state index in [1.54, 1.807) is 17.0 Å². The van der Waals surface area contributed by atoms with E-state index in [2.05, 4.69) is 4.90 Å². The summed E-state index contributed by atoms with van der Waals surface area (Å²) in [5.74, 6) is 0.563. The molecule has 36 heavy (non-hydrogen) atoms. The molecule has 2 fully saturated rings. The summed E-state index contributed by atoms with van der Waals surface area (Å²) < 4.78 is 16.1. The minimum atomic E-state index is -0.532. The van der Waals surface area contributed by atoms with Crippen molar-refractivity contribution in [1.82, 2.24) is 9.80 Å². The molecule has 9 nitrogen and oxygen atoms in total. The van der Waals surface area contributed by atoms with Crippen molar-refractivity contribution in [2.24, 2.45) is 0 Å². The number of thioether (sulfide) groups is 1. The highest BCUT2D eigenvalue weighted by atomic mass is 35.5. The first-order valence-electron chi connectivity index (χ1n) is 11.2. The van der Waals surface area contributed by atoms with Crippen LogP contribution in [0.25, 0.3) is 6.08 Å². The van der Waals surface area contributed by atoms with Crippen LogP contribution in [0.1, 0.15) is 5.56 Å². The first kappa shape index (κ1) is 25.7. The molecule has 2 aromatic rings. The molecule has 0 saturated carbocycles. The maximum Gasteiger partial charge on any atom is 0.294 e. The van der Waals surface area contributed by atoms with Gasteiger partial charge in [-0.3, -0.25) is 19.3 Å². The molecule has 4 rings (SSSR count). The van der Waals surface area contributed by atoms with E-state index in [-0.39, 0.29) is 17.4 Å². The lowest BCUT2D eigenvalue weighted by atomic mass is 10.1. The predicted octanol–water partition coefficient (Wildman–Crippen LogP) is 3.75. The molecule has 11 heteroatoms. The van der Waals surface area contributed by atoms with Crippen molar-refractivity contribution in [2.75, 3.05) is 59.0 Å². The van der Waals surface area contributed by atoms with Crippen LogP contribution in [0.4, 0.5) is 10.5 Å². The molecule has 0 N–H and O–H groups in total. The third kappa shape index (κ3) is 5.39. The lowest BCUT2D eigenvalue weighted by molar-refractivity contribution is -0.136. The molecule has 0 unspecified atom stereocenters. The van der Waals surface area contributed by atoms with Crippen LogP contribution in [-0.2, 0) is 9.59 Å². The van der Waals surface area contributed by atoms with Crippen LogP contribution >= 0.6 is 23.4 Å². The Kier molecular flexibility index (Phi) is 7.95. The van der Waals surface area contributed by atoms with Gasteiger partial charge in [0, 0.05) is 49.0 Å². The van der Waals surface area contributed by atoms with Crippen LogP contribution in [0.5, 0.6) is 17.2 Å². The van der Waals surface area contributed by atoms with Crippen LogP contribution in [0.2, 0.25) is 5.02 Å². The summed E-state index contributed by atoms with van der Waals surface area (Å²) in [7, 11) is 4.50. The first-order chi connectivity index (χ1) is 17.3. The zero-order valence-corrected chi connectivity index (χ0v) is 21.7. The number of nitrogens with zero attached hydrogens (tertiary/aromatic N) is 3. The monoisotopic (exact) mass is 531 g/mol. The topological polar surface area (TPSA) is 88.6 Å². The Morgan fingerprint density at radius 3 is 2.25 bits per heavy atom. The smallest absolute Gasteiger partial charge is 0.294 e. The summed E-state index contributed by atoms with van der Waals surface area (Å²) in [6.45, 7) is 1.92. The molecule has 2 aromatic carbocycles. The van der Waals surface area contributed by atoms with Gasteiger partial charge in [0.2, 0.25) is 5.91 Å². The molecule has 2 heterocycles. The molecule has 2 aliphatic heterocycles. The van der Waals surface area contributed by atoms with Gasteiger partial charge in [-0.2, -0.15) is 0 Å². The number of hydrogen-bond donors (Lipinski definition) is 0. The highest BCUT2D eigenvalue weighted by molar-refractivity contribution is 8.18. The van der Waals surface area contributed by atoms with E-state index in [9.17, 15) is 14.4 Å². The summed E-state index contributed by atoms with van der Waals surface area (Å²) in [6.07, 6.45) is 1.54. The first-order valence-corrected chi connectivity index (χ1v) is 12.4. The minimum absolute atomic E-state index is 0.181. The van der Waals surface area contributed by atoms with Gasteiger partial charge in [-0.1, -0.05) is 17.7 Å². The van der Waals surface area contributed by atoms with Crippen LogP contribution in [0.15, 0.2) is 41.3 Å². The quantitative estimate of drug-likeness (QED) is 0.499. The number of methoxy groups -OCH3 is 3. The molecule has 0 atom stereocenters. The Morgan fingerprint density at radius 2 is 1.67 bits per heavy atom. The van der Waals surface area contributed by atoms with E-state index in [1.807, 2.05) is 24.3 Å². The highest BCUT2D eigenvalue weighted by Crippen LogP contribution is 2.39. The maximum absolute atomic E-state index is 13.0. The number of rotatable bonds is 7. The third-order valence-electron chi connectivity index (χ3n) is 6.00. The fourth-order valence-corrected chi connectivity index (χ4v) is 5.07. The van der Waals surface area contributed by atoms with E-state index in [0.717, 1.165) is 22.3 Å². The normalized spacial score (nSPS) is 17.1. The molecule has 2 saturated heterocycles. The summed E-state index contributed by atoms with van der Waals surface area (Å²) in [4.78, 5) is 43.6. The number of benzene rings is 2. The van der Waals surface area contributed by atoms with Crippen molar-refractivity contribution < 1.29 is 28.6 Å². The number of hydrogen-bond acceptors (Lipinski definition) is 8. The van der Waals surface area contributed by atoms with Gasteiger partial charge in [0.1, 0.15) is 23.8 Å². The maximum atomic E-state index is 13.0. The number of carbonyl (C=O) groups excluding carboxylic acids is 3. The number of anilines is 1. The summed E-state index contributed by atoms with van der Waals surface area (Å²) in [5.41, 5.74) is 1.49. The zero-order chi connectivity index (χ0) is 25.8. The van der Waals surface area contributed by atoms with Crippen molar-refractivity contribution in [1.29, 1.82) is 0 Å². The van der Waals surface area contributed by atoms with Gasteiger partial charge in [-0.25, -0.2) is 0 Å². The largest absolute Gasteiger partial charge is 0.496 e. The highest BCUT2D eigenvalue weighted by Gasteiger charge is 2.38. The second-order valence-corrected chi connectivity index (χ2v) is 9.49. The van der Waals surface area contributed by atoms with Gasteiger partial charge in [-0.05, 0) is 36.0 Å². The van der Waals surface area contributed by atoms with E-state index < -0.39 is 11.1 Å². The van der Waals surface area contributed by atoms with Crippen LogP contribution in [-0.4, -0.2) is 80.9 Å². The number of carbonyl (C=O) groups is 3. The SMILES string of the molecule is COc1cc(OC)c(C=C2SC(=O)N(CC(=O)N3CCN(c4cccc(Cl)c4)CC3)C2=O)c(OC)c1. The van der Waals surface area contributed by atoms with Gasteiger partial charge in [-0.15, -0.1) is 0 Å². The Hall–Kier alpha value is -3.37. The Morgan fingerprint density at radius 1 is 1.00 bits per heavy atom. The van der Waals surface area contributed by atoms with Crippen molar-refractivity contribution in [3.63, 3.8) is 0 Å². The van der Waals surface area contributed by atoms with Crippen LogP contribution < -0.4 is 19.1 Å². The number of halogens is 1. The van der Waals surface area contributed by atoms with E-state index in [1.165, 1.54) is 27.4 Å². The second-order valence-electron chi connectivity index (χ2n) is 8.06. The lowest BCUT2D eigenvalue weighted by Gasteiger charge is -2.36. The molecule has 0 aromatic heterocycles. The minimum Gasteiger partial charge on any atom is -0.496 e. The summed E-state index contributed by atoms with van der Waals surface area (Å²) in [5, 5.41) is 0.159. The van der Waals surface area contributed by atoms with Gasteiger partial charge in [0.05, 0.1) is 31.8 Å². The fraction of sp³-hybridized carbons (Fsp3) is 0.320. The second kappa shape index (κ2) is 11.1.